The van der Waals surface area contributed by atoms with Gasteiger partial charge in [-0.2, -0.15) is 5.10 Å². The van der Waals surface area contributed by atoms with Crippen molar-refractivity contribution in [1.82, 2.24) is 15.1 Å². The number of aromatic amines is 1. The van der Waals surface area contributed by atoms with Gasteiger partial charge in [-0.15, -0.1) is 0 Å². The van der Waals surface area contributed by atoms with Gasteiger partial charge in [0.1, 0.15) is 0 Å². The molecule has 26 heavy (non-hydrogen) atoms. The van der Waals surface area contributed by atoms with E-state index in [1.54, 1.807) is 5.56 Å². The first kappa shape index (κ1) is 15.9. The summed E-state index contributed by atoms with van der Waals surface area (Å²) in [6.45, 7) is 3.38. The number of piperidine rings is 1. The first-order valence-electron chi connectivity index (χ1n) is 9.84. The Kier molecular flexibility index (Phi) is 4.13. The Hall–Kier alpha value is -2.33. The van der Waals surface area contributed by atoms with Crippen LogP contribution in [0.15, 0.2) is 48.7 Å². The first-order valence-corrected chi connectivity index (χ1v) is 9.84. The van der Waals surface area contributed by atoms with Crippen LogP contribution in [-0.4, -0.2) is 34.2 Å². The summed E-state index contributed by atoms with van der Waals surface area (Å²) in [6.07, 6.45) is 7.14. The third-order valence-electron chi connectivity index (χ3n) is 5.72. The summed E-state index contributed by atoms with van der Waals surface area (Å²) in [5, 5.41) is 12.0. The largest absolute Gasteiger partial charge is 0.381 e. The lowest BCUT2D eigenvalue weighted by Crippen LogP contribution is -2.41. The maximum Gasteiger partial charge on any atom is 0.0651 e. The molecule has 0 amide bonds. The van der Waals surface area contributed by atoms with E-state index in [0.717, 1.165) is 24.5 Å². The molecule has 0 spiro atoms. The minimum Gasteiger partial charge on any atom is -0.381 e. The topological polar surface area (TPSA) is 44.0 Å². The van der Waals surface area contributed by atoms with Crippen molar-refractivity contribution in [2.24, 2.45) is 0 Å². The number of rotatable bonds is 5. The van der Waals surface area contributed by atoms with Gasteiger partial charge in [-0.3, -0.25) is 10.00 Å². The van der Waals surface area contributed by atoms with Crippen LogP contribution in [-0.2, 0) is 6.54 Å². The standard InChI is InChI=1S/C22H26N4/c1-3-16(11-18(4-1)17-6-7-17)14-26-10-2-5-21(15-26)24-20-8-9-22-19(12-20)13-23-25-22/h1,3-4,8-9,11-13,17,21,24H,2,5-7,10,14-15H2,(H,23,25)/t21-/m1/s1. The summed E-state index contributed by atoms with van der Waals surface area (Å²) >= 11 is 0. The van der Waals surface area contributed by atoms with Gasteiger partial charge < -0.3 is 5.32 Å². The van der Waals surface area contributed by atoms with E-state index >= 15 is 0 Å². The van der Waals surface area contributed by atoms with Crippen LogP contribution in [0, 0.1) is 0 Å². The Morgan fingerprint density at radius 2 is 2.08 bits per heavy atom. The highest BCUT2D eigenvalue weighted by atomic mass is 15.2. The lowest BCUT2D eigenvalue weighted by Gasteiger charge is -2.33. The van der Waals surface area contributed by atoms with Crippen molar-refractivity contribution in [2.75, 3.05) is 18.4 Å². The highest BCUT2D eigenvalue weighted by Gasteiger charge is 2.24. The van der Waals surface area contributed by atoms with Crippen molar-refractivity contribution in [2.45, 2.75) is 44.2 Å². The summed E-state index contributed by atoms with van der Waals surface area (Å²) in [7, 11) is 0. The molecule has 0 bridgehead atoms. The van der Waals surface area contributed by atoms with Crippen LogP contribution in [0.5, 0.6) is 0 Å². The van der Waals surface area contributed by atoms with Crippen LogP contribution < -0.4 is 5.32 Å². The molecule has 4 heteroatoms. The summed E-state index contributed by atoms with van der Waals surface area (Å²) in [4.78, 5) is 2.60. The predicted octanol–water partition coefficient (Wildman–Crippen LogP) is 4.52. The zero-order valence-corrected chi connectivity index (χ0v) is 15.1. The fourth-order valence-electron chi connectivity index (χ4n) is 4.21. The third kappa shape index (κ3) is 3.47. The van der Waals surface area contributed by atoms with E-state index in [1.165, 1.54) is 48.9 Å². The van der Waals surface area contributed by atoms with Gasteiger partial charge in [0.2, 0.25) is 0 Å². The Labute approximate surface area is 154 Å². The fraction of sp³-hybridized carbons (Fsp3) is 0.409. The van der Waals surface area contributed by atoms with Crippen LogP contribution in [0.1, 0.15) is 42.7 Å². The number of hydrogen-bond acceptors (Lipinski definition) is 3. The zero-order chi connectivity index (χ0) is 17.3. The number of nitrogens with zero attached hydrogens (tertiary/aromatic N) is 2. The Morgan fingerprint density at radius 3 is 3.00 bits per heavy atom. The molecule has 0 unspecified atom stereocenters. The van der Waals surface area contributed by atoms with Crippen molar-refractivity contribution in [1.29, 1.82) is 0 Å². The van der Waals surface area contributed by atoms with Crippen molar-refractivity contribution in [3.8, 4) is 0 Å². The minimum atomic E-state index is 0.514. The number of benzene rings is 2. The van der Waals surface area contributed by atoms with Crippen LogP contribution >= 0.6 is 0 Å². The van der Waals surface area contributed by atoms with E-state index in [-0.39, 0.29) is 0 Å². The maximum absolute atomic E-state index is 4.11. The van der Waals surface area contributed by atoms with Crippen LogP contribution in [0.25, 0.3) is 10.9 Å². The van der Waals surface area contributed by atoms with Gasteiger partial charge in [-0.05, 0) is 67.5 Å². The predicted molar refractivity (Wildman–Crippen MR) is 106 cm³/mol. The minimum absolute atomic E-state index is 0.514. The second-order valence-electron chi connectivity index (χ2n) is 7.91. The van der Waals surface area contributed by atoms with E-state index in [0.29, 0.717) is 6.04 Å². The number of aromatic nitrogens is 2. The van der Waals surface area contributed by atoms with Crippen LogP contribution in [0.4, 0.5) is 5.69 Å². The molecule has 1 aromatic heterocycles. The second kappa shape index (κ2) is 6.76. The molecule has 1 atom stereocenters. The molecule has 2 fully saturated rings. The molecule has 1 saturated carbocycles. The zero-order valence-electron chi connectivity index (χ0n) is 15.1. The molecule has 2 aliphatic rings. The van der Waals surface area contributed by atoms with Gasteiger partial charge in [0, 0.05) is 30.2 Å². The molecular weight excluding hydrogens is 320 g/mol. The number of fused-ring (bicyclic) bond motifs is 1. The van der Waals surface area contributed by atoms with Crippen molar-refractivity contribution in [3.63, 3.8) is 0 Å². The average molecular weight is 346 g/mol. The van der Waals surface area contributed by atoms with E-state index < -0.39 is 0 Å². The highest BCUT2D eigenvalue weighted by Crippen LogP contribution is 2.40. The number of anilines is 1. The normalized spacial score (nSPS) is 21.2. The van der Waals surface area contributed by atoms with Gasteiger partial charge in [0.15, 0.2) is 0 Å². The third-order valence-corrected chi connectivity index (χ3v) is 5.72. The first-order chi connectivity index (χ1) is 12.8. The highest BCUT2D eigenvalue weighted by molar-refractivity contribution is 5.81. The molecule has 1 aliphatic carbocycles. The van der Waals surface area contributed by atoms with E-state index in [9.17, 15) is 0 Å². The lowest BCUT2D eigenvalue weighted by molar-refractivity contribution is 0.208. The Bertz CT molecular complexity index is 896. The summed E-state index contributed by atoms with van der Waals surface area (Å²) < 4.78 is 0. The maximum atomic E-state index is 4.11. The average Bonchev–Trinajstić information content (AvgIpc) is 3.41. The number of likely N-dealkylation sites (tertiary alicyclic amines) is 1. The lowest BCUT2D eigenvalue weighted by atomic mass is 10.0. The molecule has 0 radical (unpaired) electrons. The van der Waals surface area contributed by atoms with Gasteiger partial charge in [-0.25, -0.2) is 0 Å². The van der Waals surface area contributed by atoms with Gasteiger partial charge in [0.05, 0.1) is 11.7 Å². The van der Waals surface area contributed by atoms with Crippen molar-refractivity contribution in [3.05, 3.63) is 59.8 Å². The van der Waals surface area contributed by atoms with Crippen LogP contribution in [0.3, 0.4) is 0 Å². The SMILES string of the molecule is c1cc(CN2CCC[C@@H](Nc3ccc4[nH]ncc4c3)C2)cc(C2CC2)c1. The number of nitrogens with one attached hydrogen (secondary N) is 2. The van der Waals surface area contributed by atoms with E-state index in [4.69, 9.17) is 0 Å². The van der Waals surface area contributed by atoms with Crippen molar-refractivity contribution >= 4 is 16.6 Å². The molecule has 1 aliphatic heterocycles. The molecule has 3 aromatic rings. The molecule has 134 valence electrons. The smallest absolute Gasteiger partial charge is 0.0651 e. The van der Waals surface area contributed by atoms with Gasteiger partial charge in [0.25, 0.3) is 0 Å². The van der Waals surface area contributed by atoms with E-state index in [2.05, 4.69) is 62.9 Å². The summed E-state index contributed by atoms with van der Waals surface area (Å²) in [5.74, 6) is 0.837. The summed E-state index contributed by atoms with van der Waals surface area (Å²) in [6, 6.07) is 16.2. The fourth-order valence-corrected chi connectivity index (χ4v) is 4.21. The monoisotopic (exact) mass is 346 g/mol. The molecule has 2 N–H and O–H groups in total. The Morgan fingerprint density at radius 1 is 1.12 bits per heavy atom. The molecule has 5 rings (SSSR count). The Balaban J connectivity index is 1.23. The van der Waals surface area contributed by atoms with Crippen LogP contribution in [0.2, 0.25) is 0 Å². The molecule has 4 nitrogen and oxygen atoms in total. The number of H-pyrrole nitrogens is 1. The molecule has 1 saturated heterocycles. The molecule has 2 aromatic carbocycles. The van der Waals surface area contributed by atoms with Gasteiger partial charge in [-0.1, -0.05) is 24.3 Å². The molecule has 2 heterocycles. The van der Waals surface area contributed by atoms with Gasteiger partial charge >= 0.3 is 0 Å². The second-order valence-corrected chi connectivity index (χ2v) is 7.91. The van der Waals surface area contributed by atoms with E-state index in [1.807, 2.05) is 6.20 Å². The van der Waals surface area contributed by atoms with Crippen molar-refractivity contribution < 1.29 is 0 Å². The number of hydrogen-bond donors (Lipinski definition) is 2. The molecular formula is C22H26N4. The quantitative estimate of drug-likeness (QED) is 0.714. The summed E-state index contributed by atoms with van der Waals surface area (Å²) in [5.41, 5.74) is 5.30.